The number of carbonyl (C=O) groups excluding carboxylic acids is 1. The average Bonchev–Trinajstić information content (AvgIpc) is 4.05. The molecule has 10 aliphatic rings. The first kappa shape index (κ1) is 43.0. The number of ketones is 1. The quantitative estimate of drug-likeness (QED) is 0.157. The van der Waals surface area contributed by atoms with E-state index < -0.39 is 54.2 Å². The second-order valence-corrected chi connectivity index (χ2v) is 22.9. The third kappa shape index (κ3) is 5.86. The molecular weight excluding hydrogens is 829 g/mol. The van der Waals surface area contributed by atoms with Gasteiger partial charge in [-0.3, -0.25) is 4.79 Å². The van der Waals surface area contributed by atoms with Gasteiger partial charge in [0.15, 0.2) is 5.78 Å². The highest BCUT2D eigenvalue weighted by Gasteiger charge is 2.71. The van der Waals surface area contributed by atoms with Gasteiger partial charge in [-0.05, 0) is 183 Å². The average molecular weight is 895 g/mol. The largest absolute Gasteiger partial charge is 0.506 e. The molecule has 2 bridgehead atoms. The Kier molecular flexibility index (Phi) is 9.79. The number of hydrogen-bond donors (Lipinski definition) is 6. The summed E-state index contributed by atoms with van der Waals surface area (Å²) in [6, 6.07) is 4.22. The fourth-order valence-corrected chi connectivity index (χ4v) is 18.0. The number of benzene rings is 2. The number of allylic oxidation sites excluding steroid dienone is 2. The first-order chi connectivity index (χ1) is 31.2. The molecule has 6 aliphatic carbocycles. The van der Waals surface area contributed by atoms with Gasteiger partial charge < -0.3 is 49.6 Å². The zero-order chi connectivity index (χ0) is 45.0. The standard InChI is InChI=1S/C53H66O12/c1-27-18-29-19-30(47(60)61)20-38(40(29)43(57)39(27)28(2)55)63-48-44(58)45(59)53-23-33-34-22-49(14-15-51(25-49)13-5-12-50(51)10-3-4-11-50)21-31-24-62-26-52(16-17-54,42(31)34)35-7-6-32(41(33)35)37(65-53)9-8-36(56)46(53)64-48/h7,18-20,31,33-34,36-37,42,44-46,48,54,56-59H,3-6,8-17,21-26H2,1-2H3,(H,60,61)/t31-,33+,34-,36+,37-,42+,44-,45-,46-,48-,49-,51-,52+,53+/m1/s1. The molecule has 4 spiro atoms. The van der Waals surface area contributed by atoms with Crippen molar-refractivity contribution in [3.05, 3.63) is 57.7 Å². The summed E-state index contributed by atoms with van der Waals surface area (Å²) >= 11 is 0. The Labute approximate surface area is 380 Å². The van der Waals surface area contributed by atoms with Crippen LogP contribution in [0.2, 0.25) is 0 Å². The minimum Gasteiger partial charge on any atom is -0.506 e. The molecule has 12 nitrogen and oxygen atoms in total. The lowest BCUT2D eigenvalue weighted by molar-refractivity contribution is -0.336. The van der Waals surface area contributed by atoms with Gasteiger partial charge in [0.25, 0.3) is 0 Å². The van der Waals surface area contributed by atoms with Crippen molar-refractivity contribution in [2.75, 3.05) is 19.8 Å². The summed E-state index contributed by atoms with van der Waals surface area (Å²) in [4.78, 5) is 25.1. The van der Waals surface area contributed by atoms with E-state index in [9.17, 15) is 40.2 Å². The van der Waals surface area contributed by atoms with Crippen molar-refractivity contribution < 1.29 is 59.2 Å². The lowest BCUT2D eigenvalue weighted by Crippen LogP contribution is -2.71. The van der Waals surface area contributed by atoms with E-state index in [1.165, 1.54) is 100.0 Å². The molecule has 2 aromatic carbocycles. The molecule has 6 N–H and O–H groups in total. The second kappa shape index (κ2) is 14.8. The number of fused-ring (bicyclic) bond motifs is 6. The fourth-order valence-electron chi connectivity index (χ4n) is 18.0. The first-order valence-corrected chi connectivity index (χ1v) is 24.9. The maximum Gasteiger partial charge on any atom is 0.335 e. The molecule has 350 valence electrons. The van der Waals surface area contributed by atoms with E-state index in [4.69, 9.17) is 18.9 Å². The minimum atomic E-state index is -1.71. The molecule has 4 aliphatic heterocycles. The number of phenolic OH excluding ortho intramolecular Hbond substituents is 1. The van der Waals surface area contributed by atoms with Gasteiger partial charge >= 0.3 is 5.97 Å². The third-order valence-electron chi connectivity index (χ3n) is 20.1. The number of rotatable bonds is 6. The van der Waals surface area contributed by atoms with Gasteiger partial charge in [-0.1, -0.05) is 31.4 Å². The van der Waals surface area contributed by atoms with Crippen LogP contribution in [-0.4, -0.2) is 105 Å². The zero-order valence-corrected chi connectivity index (χ0v) is 37.9. The molecule has 12 heteroatoms. The Bertz CT molecular complexity index is 2410. The summed E-state index contributed by atoms with van der Waals surface area (Å²) in [5.41, 5.74) is 3.27. The van der Waals surface area contributed by atoms with E-state index in [0.29, 0.717) is 73.0 Å². The molecule has 0 amide bonds. The maximum atomic E-state index is 12.8. The minimum absolute atomic E-state index is 0.0568. The highest BCUT2D eigenvalue weighted by Crippen LogP contribution is 2.76. The van der Waals surface area contributed by atoms with Crippen LogP contribution in [0.5, 0.6) is 11.5 Å². The summed E-state index contributed by atoms with van der Waals surface area (Å²) in [6.45, 7) is 4.33. The van der Waals surface area contributed by atoms with Gasteiger partial charge in [-0.15, -0.1) is 0 Å². The highest BCUT2D eigenvalue weighted by molar-refractivity contribution is 6.08. The number of phenols is 1. The van der Waals surface area contributed by atoms with E-state index in [2.05, 4.69) is 6.08 Å². The van der Waals surface area contributed by atoms with Crippen LogP contribution >= 0.6 is 0 Å². The molecule has 5 saturated carbocycles. The summed E-state index contributed by atoms with van der Waals surface area (Å²) in [7, 11) is 0. The van der Waals surface area contributed by atoms with Gasteiger partial charge in [0.05, 0.1) is 35.3 Å². The lowest BCUT2D eigenvalue weighted by atomic mass is 9.42. The summed E-state index contributed by atoms with van der Waals surface area (Å²) < 4.78 is 27.1. The number of hydrogen-bond acceptors (Lipinski definition) is 11. The van der Waals surface area contributed by atoms with Gasteiger partial charge in [-0.2, -0.15) is 0 Å². The van der Waals surface area contributed by atoms with Crippen molar-refractivity contribution in [2.45, 2.75) is 165 Å². The molecule has 14 atom stereocenters. The van der Waals surface area contributed by atoms with E-state index in [-0.39, 0.29) is 63.2 Å². The van der Waals surface area contributed by atoms with Crippen LogP contribution in [0.15, 0.2) is 41.0 Å². The molecule has 0 aromatic heterocycles. The van der Waals surface area contributed by atoms with Crippen LogP contribution in [0, 0.1) is 52.3 Å². The van der Waals surface area contributed by atoms with Crippen molar-refractivity contribution >= 4 is 22.5 Å². The Morgan fingerprint density at radius 2 is 1.72 bits per heavy atom. The molecule has 8 fully saturated rings. The number of Topliss-reactive ketones (excluding diaryl/α,β-unsaturated/α-hetero) is 1. The van der Waals surface area contributed by atoms with Crippen molar-refractivity contribution in [1.29, 1.82) is 0 Å². The predicted molar refractivity (Wildman–Crippen MR) is 237 cm³/mol. The predicted octanol–water partition coefficient (Wildman–Crippen LogP) is 7.46. The van der Waals surface area contributed by atoms with Gasteiger partial charge in [0, 0.05) is 18.6 Å². The highest BCUT2D eigenvalue weighted by atomic mass is 16.7. The third-order valence-corrected chi connectivity index (χ3v) is 20.1. The van der Waals surface area contributed by atoms with Crippen LogP contribution in [0.4, 0.5) is 0 Å². The normalized spacial score (nSPS) is 43.3. The van der Waals surface area contributed by atoms with Crippen LogP contribution in [0.3, 0.4) is 0 Å². The van der Waals surface area contributed by atoms with Crippen molar-refractivity contribution in [1.82, 2.24) is 0 Å². The molecule has 0 unspecified atom stereocenters. The van der Waals surface area contributed by atoms with Gasteiger partial charge in [0.1, 0.15) is 35.4 Å². The Hall–Kier alpha value is -3.36. The van der Waals surface area contributed by atoms with Crippen LogP contribution in [0.1, 0.15) is 142 Å². The number of aromatic carboxylic acids is 1. The number of carbonyl (C=O) groups is 2. The molecule has 2 aromatic rings. The first-order valence-electron chi connectivity index (χ1n) is 24.9. The van der Waals surface area contributed by atoms with E-state index in [1.807, 2.05) is 0 Å². The number of aliphatic hydroxyl groups excluding tert-OH is 4. The van der Waals surface area contributed by atoms with Crippen molar-refractivity contribution in [2.24, 2.45) is 45.3 Å². The molecule has 4 heterocycles. The monoisotopic (exact) mass is 894 g/mol. The molecule has 12 rings (SSSR count). The van der Waals surface area contributed by atoms with E-state index in [0.717, 1.165) is 12.8 Å². The lowest BCUT2D eigenvalue weighted by Gasteiger charge is -2.64. The molecule has 3 saturated heterocycles. The van der Waals surface area contributed by atoms with Crippen molar-refractivity contribution in [3.63, 3.8) is 0 Å². The van der Waals surface area contributed by atoms with Gasteiger partial charge in [-0.25, -0.2) is 4.79 Å². The SMILES string of the molecule is CC(=O)c1c(C)cc2cc(C(=O)O)cc(O[C@@H]3O[C@@H]4[C@@H](O)CC[C@H]5O[C@@]4(C[C@@H]4C6=C5CC=C6[C@]5(CCO)COC[C@H]6C[C@]7(CC[C@]8(CCCC89CCCC9)C7)C[C@H]4[C@H]65)[C@H](O)[C@H]3O)c2c1O. The zero-order valence-electron chi connectivity index (χ0n) is 37.9. The topological polar surface area (TPSA) is 192 Å². The molecule has 65 heavy (non-hydrogen) atoms. The van der Waals surface area contributed by atoms with Crippen LogP contribution < -0.4 is 4.74 Å². The van der Waals surface area contributed by atoms with Crippen LogP contribution in [-0.2, 0) is 14.2 Å². The number of ether oxygens (including phenoxy) is 4. The number of carboxylic acid groups (broad SMARTS) is 1. The number of aliphatic hydroxyl groups is 4. The van der Waals surface area contributed by atoms with E-state index >= 15 is 0 Å². The van der Waals surface area contributed by atoms with Crippen molar-refractivity contribution in [3.8, 4) is 11.5 Å². The number of aryl methyl sites for hydroxylation is 1. The Morgan fingerprint density at radius 3 is 2.49 bits per heavy atom. The number of carboxylic acids is 1. The van der Waals surface area contributed by atoms with Crippen LogP contribution in [0.25, 0.3) is 10.8 Å². The molecule has 0 radical (unpaired) electrons. The van der Waals surface area contributed by atoms with Gasteiger partial charge in [0.2, 0.25) is 6.29 Å². The van der Waals surface area contributed by atoms with E-state index in [1.54, 1.807) is 13.0 Å². The summed E-state index contributed by atoms with van der Waals surface area (Å²) in [5, 5.41) is 70.3. The number of aromatic hydroxyl groups is 1. The summed E-state index contributed by atoms with van der Waals surface area (Å²) in [6.07, 6.45) is 12.6. The summed E-state index contributed by atoms with van der Waals surface area (Å²) in [5.74, 6) is -1.47. The maximum absolute atomic E-state index is 12.8. The molecular formula is C53H66O12. The second-order valence-electron chi connectivity index (χ2n) is 22.9. The Morgan fingerprint density at radius 1 is 0.938 bits per heavy atom. The fraction of sp³-hybridized carbons (Fsp3) is 0.698. The Balaban J connectivity index is 0.946. The smallest absolute Gasteiger partial charge is 0.335 e.